The molecule has 0 unspecified atom stereocenters. The molecule has 1 aromatic rings. The van der Waals surface area contributed by atoms with E-state index in [4.69, 9.17) is 25.5 Å². The smallest absolute Gasteiger partial charge is 0.244 e. The lowest BCUT2D eigenvalue weighted by molar-refractivity contribution is 0.0255. The van der Waals surface area contributed by atoms with Crippen molar-refractivity contribution >= 4 is 48.7 Å². The Bertz CT molecular complexity index is 610. The van der Waals surface area contributed by atoms with Crippen LogP contribution in [0.4, 0.5) is 0 Å². The summed E-state index contributed by atoms with van der Waals surface area (Å²) < 4.78 is 18.5. The molecule has 0 amide bonds. The Balaban J connectivity index is 2.15. The van der Waals surface area contributed by atoms with Crippen LogP contribution in [0.1, 0.15) is 18.4 Å². The minimum atomic E-state index is -1.75. The number of hydrogen-bond donors (Lipinski definition) is 0. The lowest BCUT2D eigenvalue weighted by Crippen LogP contribution is -2.26. The molecule has 2 rings (SSSR count). The molecule has 1 fully saturated rings. The molecule has 1 aromatic carbocycles. The molecule has 0 spiro atoms. The Hall–Kier alpha value is -0.573. The molecule has 0 N–H and O–H groups in total. The number of aliphatic imine (C=N–C) groups is 1. The Morgan fingerprint density at radius 2 is 2.04 bits per heavy atom. The maximum atomic E-state index is 6.15. The first kappa shape index (κ1) is 19.7. The first-order chi connectivity index (χ1) is 11.4. The summed E-state index contributed by atoms with van der Waals surface area (Å²) >= 11 is 8.12. The molecule has 1 aliphatic heterocycles. The highest BCUT2D eigenvalue weighted by Crippen LogP contribution is 2.24. The monoisotopic (exact) mass is 479 g/mol. The number of nitrogens with zero attached hydrogens (tertiary/aromatic N) is 1. The van der Waals surface area contributed by atoms with Crippen molar-refractivity contribution < 1.29 is 13.9 Å². The number of hydrogen-bond acceptors (Lipinski definition) is 4. The number of ether oxygens (including phenoxy) is 2. The molecule has 0 saturated carbocycles. The van der Waals surface area contributed by atoms with E-state index in [0.717, 1.165) is 40.9 Å². The van der Waals surface area contributed by atoms with Gasteiger partial charge in [0.1, 0.15) is 11.9 Å². The predicted octanol–water partition coefficient (Wildman–Crippen LogP) is 5.16. The van der Waals surface area contributed by atoms with Gasteiger partial charge < -0.3 is 13.9 Å². The largest absolute Gasteiger partial charge is 0.531 e. The normalized spacial score (nSPS) is 17.3. The predicted molar refractivity (Wildman–Crippen MR) is 110 cm³/mol. The summed E-state index contributed by atoms with van der Waals surface area (Å²) in [6.07, 6.45) is 3.76. The molecule has 4 nitrogen and oxygen atoms in total. The van der Waals surface area contributed by atoms with Gasteiger partial charge >= 0.3 is 0 Å². The third-order valence-corrected chi connectivity index (χ3v) is 4.95. The fraction of sp³-hybridized carbons (Fsp3) is 0.471. The standard InChI is InChI=1S/C17H23ClINO3Si/c1-24(2,3)23-17(11-18)20-12-13-10-14(19)4-5-16(13)22-15-6-8-21-9-7-15/h4-5,10-12,15H,6-9H2,1-3H3/b17-11-,20-12?. The van der Waals surface area contributed by atoms with E-state index >= 15 is 0 Å². The highest BCUT2D eigenvalue weighted by Gasteiger charge is 2.18. The second-order valence-electron chi connectivity index (χ2n) is 6.53. The van der Waals surface area contributed by atoms with Gasteiger partial charge in [-0.1, -0.05) is 11.6 Å². The second-order valence-corrected chi connectivity index (χ2v) is 12.4. The van der Waals surface area contributed by atoms with Gasteiger partial charge in [-0.2, -0.15) is 0 Å². The Morgan fingerprint density at radius 3 is 2.67 bits per heavy atom. The van der Waals surface area contributed by atoms with Crippen LogP contribution in [0.3, 0.4) is 0 Å². The van der Waals surface area contributed by atoms with E-state index in [-0.39, 0.29) is 6.10 Å². The Morgan fingerprint density at radius 1 is 1.33 bits per heavy atom. The molecule has 1 saturated heterocycles. The molecule has 7 heteroatoms. The Labute approximate surface area is 163 Å². The van der Waals surface area contributed by atoms with Crippen LogP contribution in [0.5, 0.6) is 5.75 Å². The molecule has 1 heterocycles. The van der Waals surface area contributed by atoms with Gasteiger partial charge in [-0.15, -0.1) is 0 Å². The summed E-state index contributed by atoms with van der Waals surface area (Å²) in [7, 11) is -1.75. The van der Waals surface area contributed by atoms with E-state index in [2.05, 4.69) is 47.2 Å². The van der Waals surface area contributed by atoms with E-state index < -0.39 is 8.32 Å². The van der Waals surface area contributed by atoms with Crippen LogP contribution >= 0.6 is 34.2 Å². The molecule has 0 atom stereocenters. The molecule has 0 bridgehead atoms. The number of rotatable bonds is 6. The minimum Gasteiger partial charge on any atom is -0.531 e. The van der Waals surface area contributed by atoms with Gasteiger partial charge in [0.25, 0.3) is 0 Å². The Kier molecular flexibility index (Phi) is 7.58. The molecule has 132 valence electrons. The average molecular weight is 480 g/mol. The van der Waals surface area contributed by atoms with Gasteiger partial charge in [0.15, 0.2) is 0 Å². The molecule has 0 radical (unpaired) electrons. The van der Waals surface area contributed by atoms with Crippen LogP contribution in [-0.4, -0.2) is 33.8 Å². The van der Waals surface area contributed by atoms with Crippen LogP contribution in [-0.2, 0) is 9.16 Å². The van der Waals surface area contributed by atoms with E-state index in [1.807, 2.05) is 18.2 Å². The van der Waals surface area contributed by atoms with Crippen LogP contribution in [0.25, 0.3) is 0 Å². The van der Waals surface area contributed by atoms with E-state index in [0.29, 0.717) is 5.88 Å². The van der Waals surface area contributed by atoms with Crippen molar-refractivity contribution in [3.05, 3.63) is 38.8 Å². The summed E-state index contributed by atoms with van der Waals surface area (Å²) in [6, 6.07) is 6.06. The van der Waals surface area contributed by atoms with Crippen LogP contribution < -0.4 is 4.74 Å². The van der Waals surface area contributed by atoms with E-state index in [1.54, 1.807) is 6.21 Å². The SMILES string of the molecule is C[Si](C)(C)O/C(=C\Cl)N=Cc1cc(I)ccc1OC1CCOCC1. The first-order valence-electron chi connectivity index (χ1n) is 7.95. The van der Waals surface area contributed by atoms with Crippen molar-refractivity contribution in [1.29, 1.82) is 0 Å². The van der Waals surface area contributed by atoms with Gasteiger partial charge in [0.05, 0.1) is 18.7 Å². The molecule has 0 aromatic heterocycles. The lowest BCUT2D eigenvalue weighted by atomic mass is 10.1. The first-order valence-corrected chi connectivity index (χ1v) is 12.9. The van der Waals surface area contributed by atoms with Crippen molar-refractivity contribution in [2.24, 2.45) is 4.99 Å². The summed E-state index contributed by atoms with van der Waals surface area (Å²) in [6.45, 7) is 7.78. The lowest BCUT2D eigenvalue weighted by Gasteiger charge is -2.24. The molecular weight excluding hydrogens is 457 g/mol. The van der Waals surface area contributed by atoms with Gasteiger partial charge in [0, 0.05) is 28.2 Å². The van der Waals surface area contributed by atoms with Gasteiger partial charge in [0.2, 0.25) is 14.2 Å². The molecule has 0 aliphatic carbocycles. The summed E-state index contributed by atoms with van der Waals surface area (Å²) in [5.74, 6) is 1.26. The zero-order chi connectivity index (χ0) is 17.6. The van der Waals surface area contributed by atoms with Gasteiger partial charge in [-0.3, -0.25) is 0 Å². The highest BCUT2D eigenvalue weighted by molar-refractivity contribution is 14.1. The fourth-order valence-corrected chi connectivity index (χ4v) is 3.65. The van der Waals surface area contributed by atoms with Gasteiger partial charge in [-0.05, 0) is 60.4 Å². The van der Waals surface area contributed by atoms with E-state index in [1.165, 1.54) is 5.54 Å². The average Bonchev–Trinajstić information content (AvgIpc) is 2.53. The van der Waals surface area contributed by atoms with Crippen LogP contribution in [0, 0.1) is 3.57 Å². The van der Waals surface area contributed by atoms with Crippen molar-refractivity contribution in [2.75, 3.05) is 13.2 Å². The van der Waals surface area contributed by atoms with Gasteiger partial charge in [-0.25, -0.2) is 4.99 Å². The highest BCUT2D eigenvalue weighted by atomic mass is 127. The van der Waals surface area contributed by atoms with Crippen LogP contribution in [0.2, 0.25) is 19.6 Å². The van der Waals surface area contributed by atoms with Crippen molar-refractivity contribution in [3.63, 3.8) is 0 Å². The second kappa shape index (κ2) is 9.21. The minimum absolute atomic E-state index is 0.187. The maximum Gasteiger partial charge on any atom is 0.244 e. The summed E-state index contributed by atoms with van der Waals surface area (Å²) in [5.41, 5.74) is 2.30. The van der Waals surface area contributed by atoms with Crippen molar-refractivity contribution in [2.45, 2.75) is 38.6 Å². The topological polar surface area (TPSA) is 40.0 Å². The zero-order valence-corrected chi connectivity index (χ0v) is 18.1. The summed E-state index contributed by atoms with van der Waals surface area (Å²) in [5, 5.41) is 0. The van der Waals surface area contributed by atoms with Crippen molar-refractivity contribution in [1.82, 2.24) is 0 Å². The number of halogens is 2. The summed E-state index contributed by atoms with van der Waals surface area (Å²) in [4.78, 5) is 4.40. The van der Waals surface area contributed by atoms with Crippen LogP contribution in [0.15, 0.2) is 34.6 Å². The van der Waals surface area contributed by atoms with Crippen molar-refractivity contribution in [3.8, 4) is 5.75 Å². The molecule has 24 heavy (non-hydrogen) atoms. The fourth-order valence-electron chi connectivity index (χ4n) is 2.22. The maximum absolute atomic E-state index is 6.15. The third-order valence-electron chi connectivity index (χ3n) is 3.27. The van der Waals surface area contributed by atoms with E-state index in [9.17, 15) is 0 Å². The molecular formula is C17H23ClINO3Si. The quantitative estimate of drug-likeness (QED) is 0.245. The number of benzene rings is 1. The third kappa shape index (κ3) is 6.74. The zero-order valence-electron chi connectivity index (χ0n) is 14.2. The molecule has 1 aliphatic rings.